The third-order valence-electron chi connectivity index (χ3n) is 3.17. The van der Waals surface area contributed by atoms with Gasteiger partial charge < -0.3 is 10.1 Å². The maximum absolute atomic E-state index is 11.8. The summed E-state index contributed by atoms with van der Waals surface area (Å²) in [5.41, 5.74) is 1.03. The Morgan fingerprint density at radius 2 is 2.44 bits per heavy atom. The highest BCUT2D eigenvalue weighted by Gasteiger charge is 2.18. The molecule has 1 unspecified atom stereocenters. The van der Waals surface area contributed by atoms with Crippen LogP contribution in [0.2, 0.25) is 0 Å². The number of ether oxygens (including phenoxy) is 1. The van der Waals surface area contributed by atoms with E-state index in [0.717, 1.165) is 31.6 Å². The van der Waals surface area contributed by atoms with E-state index in [1.165, 1.54) is 0 Å². The number of amides is 1. The number of aromatic amines is 1. The molecule has 1 aromatic heterocycles. The summed E-state index contributed by atoms with van der Waals surface area (Å²) in [6, 6.07) is 1.88. The quantitative estimate of drug-likeness (QED) is 0.863. The van der Waals surface area contributed by atoms with Gasteiger partial charge in [-0.3, -0.25) is 9.89 Å². The number of hydrogen-bond acceptors (Lipinski definition) is 3. The highest BCUT2D eigenvalue weighted by molar-refractivity contribution is 5.90. The number of hydrogen-bond donors (Lipinski definition) is 2. The second-order valence-corrected chi connectivity index (χ2v) is 5.10. The lowest BCUT2D eigenvalue weighted by atomic mass is 10.1. The summed E-state index contributed by atoms with van der Waals surface area (Å²) in [6.45, 7) is 4.93. The number of nitrogens with one attached hydrogen (secondary N) is 2. The first-order valence-electron chi connectivity index (χ1n) is 6.62. The highest BCUT2D eigenvalue weighted by atomic mass is 16.5. The molecule has 1 aliphatic heterocycles. The van der Waals surface area contributed by atoms with Crippen LogP contribution >= 0.6 is 0 Å². The smallest absolute Gasteiger partial charge is 0.228 e. The van der Waals surface area contributed by atoms with Gasteiger partial charge in [0.05, 0.1) is 12.5 Å². The van der Waals surface area contributed by atoms with Gasteiger partial charge in [0.1, 0.15) is 0 Å². The van der Waals surface area contributed by atoms with Crippen molar-refractivity contribution in [3.05, 3.63) is 11.8 Å². The normalized spacial score (nSPS) is 20.1. The molecule has 5 nitrogen and oxygen atoms in total. The minimum atomic E-state index is -0.0243. The molecule has 1 aromatic rings. The van der Waals surface area contributed by atoms with Gasteiger partial charge in [-0.25, -0.2) is 0 Å². The summed E-state index contributed by atoms with van der Waals surface area (Å²) in [5, 5.41) is 9.79. The van der Waals surface area contributed by atoms with Crippen LogP contribution in [0.25, 0.3) is 0 Å². The fourth-order valence-electron chi connectivity index (χ4n) is 2.07. The molecule has 18 heavy (non-hydrogen) atoms. The van der Waals surface area contributed by atoms with Crippen LogP contribution < -0.4 is 5.32 Å². The molecular weight excluding hydrogens is 230 g/mol. The summed E-state index contributed by atoms with van der Waals surface area (Å²) < 4.78 is 5.54. The lowest BCUT2D eigenvalue weighted by molar-refractivity contribution is -0.119. The lowest BCUT2D eigenvalue weighted by Gasteiger charge is -2.21. The summed E-state index contributed by atoms with van der Waals surface area (Å²) >= 11 is 0. The zero-order valence-electron chi connectivity index (χ0n) is 11.0. The van der Waals surface area contributed by atoms with E-state index >= 15 is 0 Å². The van der Waals surface area contributed by atoms with Crippen LogP contribution in [0.15, 0.2) is 6.07 Å². The predicted octanol–water partition coefficient (Wildman–Crippen LogP) is 2.43. The second kappa shape index (κ2) is 6.00. The van der Waals surface area contributed by atoms with Crippen molar-refractivity contribution in [2.45, 2.75) is 51.6 Å². The first-order chi connectivity index (χ1) is 8.65. The van der Waals surface area contributed by atoms with Gasteiger partial charge in [-0.1, -0.05) is 13.8 Å². The van der Waals surface area contributed by atoms with Crippen molar-refractivity contribution in [1.82, 2.24) is 10.2 Å². The van der Waals surface area contributed by atoms with Gasteiger partial charge in [0.2, 0.25) is 5.91 Å². The molecule has 1 atom stereocenters. The van der Waals surface area contributed by atoms with E-state index in [4.69, 9.17) is 4.74 Å². The monoisotopic (exact) mass is 251 g/mol. The van der Waals surface area contributed by atoms with Crippen molar-refractivity contribution < 1.29 is 9.53 Å². The first-order valence-corrected chi connectivity index (χ1v) is 6.62. The second-order valence-electron chi connectivity index (χ2n) is 5.10. The molecule has 2 heterocycles. The fourth-order valence-corrected chi connectivity index (χ4v) is 2.07. The van der Waals surface area contributed by atoms with Gasteiger partial charge in [-0.15, -0.1) is 0 Å². The molecule has 2 N–H and O–H groups in total. The van der Waals surface area contributed by atoms with Crippen LogP contribution in [0.5, 0.6) is 0 Å². The zero-order valence-corrected chi connectivity index (χ0v) is 11.0. The maximum Gasteiger partial charge on any atom is 0.228 e. The van der Waals surface area contributed by atoms with Crippen molar-refractivity contribution in [2.75, 3.05) is 11.9 Å². The Morgan fingerprint density at radius 1 is 1.61 bits per heavy atom. The standard InChI is InChI=1S/C13H21N3O2/c1-9(2)11-8-12(16-15-11)14-13(17)7-10-5-3-4-6-18-10/h8-10H,3-7H2,1-2H3,(H2,14,15,16,17). The fraction of sp³-hybridized carbons (Fsp3) is 0.692. The molecule has 0 aliphatic carbocycles. The van der Waals surface area contributed by atoms with Gasteiger partial charge in [0.15, 0.2) is 5.82 Å². The van der Waals surface area contributed by atoms with E-state index in [9.17, 15) is 4.79 Å². The SMILES string of the molecule is CC(C)c1cc(NC(=O)CC2CCCCO2)n[nH]1. The highest BCUT2D eigenvalue weighted by Crippen LogP contribution is 2.18. The molecule has 1 fully saturated rings. The number of rotatable bonds is 4. The summed E-state index contributed by atoms with van der Waals surface area (Å²) in [7, 11) is 0. The van der Waals surface area contributed by atoms with E-state index in [1.807, 2.05) is 6.07 Å². The van der Waals surface area contributed by atoms with Crippen molar-refractivity contribution in [3.8, 4) is 0 Å². The van der Waals surface area contributed by atoms with Gasteiger partial charge in [0.25, 0.3) is 0 Å². The van der Waals surface area contributed by atoms with Crippen molar-refractivity contribution >= 4 is 11.7 Å². The Bertz CT molecular complexity index is 395. The topological polar surface area (TPSA) is 67.0 Å². The Kier molecular flexibility index (Phi) is 4.36. The average Bonchev–Trinajstić information content (AvgIpc) is 2.78. The van der Waals surface area contributed by atoms with Crippen molar-refractivity contribution in [3.63, 3.8) is 0 Å². The van der Waals surface area contributed by atoms with E-state index in [2.05, 4.69) is 29.4 Å². The Labute approximate surface area is 107 Å². The van der Waals surface area contributed by atoms with E-state index in [0.29, 0.717) is 18.2 Å². The molecule has 0 radical (unpaired) electrons. The number of aromatic nitrogens is 2. The molecular formula is C13H21N3O2. The molecule has 1 saturated heterocycles. The number of carbonyl (C=O) groups excluding carboxylic acids is 1. The third-order valence-corrected chi connectivity index (χ3v) is 3.17. The predicted molar refractivity (Wildman–Crippen MR) is 69.5 cm³/mol. The average molecular weight is 251 g/mol. The first kappa shape index (κ1) is 13.1. The van der Waals surface area contributed by atoms with Gasteiger partial charge in [-0.05, 0) is 25.2 Å². The summed E-state index contributed by atoms with van der Waals surface area (Å²) in [5.74, 6) is 0.952. The maximum atomic E-state index is 11.8. The minimum absolute atomic E-state index is 0.0243. The number of anilines is 1. The van der Waals surface area contributed by atoms with Gasteiger partial charge >= 0.3 is 0 Å². The Hall–Kier alpha value is -1.36. The molecule has 5 heteroatoms. The molecule has 0 saturated carbocycles. The van der Waals surface area contributed by atoms with Crippen molar-refractivity contribution in [1.29, 1.82) is 0 Å². The van der Waals surface area contributed by atoms with Crippen molar-refractivity contribution in [2.24, 2.45) is 0 Å². The van der Waals surface area contributed by atoms with Crippen LogP contribution in [0.3, 0.4) is 0 Å². The third kappa shape index (κ3) is 3.57. The Morgan fingerprint density at radius 3 is 3.06 bits per heavy atom. The van der Waals surface area contributed by atoms with Gasteiger partial charge in [-0.2, -0.15) is 5.10 Å². The molecule has 100 valence electrons. The number of H-pyrrole nitrogens is 1. The number of carbonyl (C=O) groups is 1. The molecule has 1 amide bonds. The summed E-state index contributed by atoms with van der Waals surface area (Å²) in [4.78, 5) is 11.8. The minimum Gasteiger partial charge on any atom is -0.378 e. The molecule has 0 bridgehead atoms. The number of nitrogens with zero attached hydrogens (tertiary/aromatic N) is 1. The molecule has 2 rings (SSSR count). The van der Waals surface area contributed by atoms with E-state index in [-0.39, 0.29) is 12.0 Å². The van der Waals surface area contributed by atoms with Crippen LogP contribution in [0.1, 0.15) is 51.1 Å². The van der Waals surface area contributed by atoms with E-state index < -0.39 is 0 Å². The molecule has 0 aromatic carbocycles. The van der Waals surface area contributed by atoms with Gasteiger partial charge in [0, 0.05) is 18.4 Å². The van der Waals surface area contributed by atoms with Crippen LogP contribution in [-0.2, 0) is 9.53 Å². The van der Waals surface area contributed by atoms with E-state index in [1.54, 1.807) is 0 Å². The van der Waals surface area contributed by atoms with Crippen LogP contribution in [0, 0.1) is 0 Å². The van der Waals surface area contributed by atoms with Crippen LogP contribution in [0.4, 0.5) is 5.82 Å². The molecule has 0 spiro atoms. The Balaban J connectivity index is 1.82. The van der Waals surface area contributed by atoms with Crippen LogP contribution in [-0.4, -0.2) is 28.8 Å². The summed E-state index contributed by atoms with van der Waals surface area (Å²) in [6.07, 6.45) is 3.73. The largest absolute Gasteiger partial charge is 0.378 e. The zero-order chi connectivity index (χ0) is 13.0. The lowest BCUT2D eigenvalue weighted by Crippen LogP contribution is -2.25. The molecule has 1 aliphatic rings.